The second-order valence-corrected chi connectivity index (χ2v) is 3.57. The zero-order valence-electron chi connectivity index (χ0n) is 9.36. The largest absolute Gasteiger partial charge is 0.355 e. The van der Waals surface area contributed by atoms with Gasteiger partial charge in [-0.1, -0.05) is 12.1 Å². The maximum absolute atomic E-state index is 11.6. The third kappa shape index (κ3) is 2.25. The molecule has 2 N–H and O–H groups in total. The summed E-state index contributed by atoms with van der Waals surface area (Å²) in [6, 6.07) is 10.4. The lowest BCUT2D eigenvalue weighted by Crippen LogP contribution is -2.17. The Kier molecular flexibility index (Phi) is 3.05. The summed E-state index contributed by atoms with van der Waals surface area (Å²) in [6.07, 6.45) is 1.58. The fourth-order valence-electron chi connectivity index (χ4n) is 1.62. The van der Waals surface area contributed by atoms with Crippen LogP contribution >= 0.6 is 0 Å². The highest BCUT2D eigenvalue weighted by Crippen LogP contribution is 2.16. The first-order valence-electron chi connectivity index (χ1n) is 5.22. The van der Waals surface area contributed by atoms with Crippen LogP contribution in [-0.2, 0) is 0 Å². The van der Waals surface area contributed by atoms with Gasteiger partial charge in [0.1, 0.15) is 0 Å². The Hall–Kier alpha value is -2.36. The minimum absolute atomic E-state index is 0.165. The minimum Gasteiger partial charge on any atom is -0.355 e. The lowest BCUT2D eigenvalue weighted by molar-refractivity contribution is 0.0963. The number of aromatic nitrogens is 1. The molecule has 1 amide bonds. The Morgan fingerprint density at radius 1 is 1.24 bits per heavy atom. The predicted molar refractivity (Wildman–Crippen MR) is 65.9 cm³/mol. The van der Waals surface area contributed by atoms with Gasteiger partial charge in [-0.3, -0.25) is 9.59 Å². The number of carbonyl (C=O) groups is 1. The van der Waals surface area contributed by atoms with Gasteiger partial charge in [0.05, 0.1) is 0 Å². The quantitative estimate of drug-likeness (QED) is 0.816. The number of carbonyl (C=O) groups excluding carboxylic acids is 1. The van der Waals surface area contributed by atoms with Crippen LogP contribution in [0.2, 0.25) is 0 Å². The van der Waals surface area contributed by atoms with Crippen molar-refractivity contribution in [2.45, 2.75) is 0 Å². The summed E-state index contributed by atoms with van der Waals surface area (Å²) in [5.41, 5.74) is 1.65. The van der Waals surface area contributed by atoms with E-state index >= 15 is 0 Å². The monoisotopic (exact) mass is 228 g/mol. The molecule has 0 fully saturated rings. The van der Waals surface area contributed by atoms with E-state index < -0.39 is 0 Å². The lowest BCUT2D eigenvalue weighted by atomic mass is 10.0. The average molecular weight is 228 g/mol. The van der Waals surface area contributed by atoms with Crippen LogP contribution in [0.25, 0.3) is 11.1 Å². The van der Waals surface area contributed by atoms with E-state index in [1.54, 1.807) is 49.6 Å². The summed E-state index contributed by atoms with van der Waals surface area (Å²) >= 11 is 0. The van der Waals surface area contributed by atoms with Gasteiger partial charge in [-0.25, -0.2) is 0 Å². The number of hydrogen-bond donors (Lipinski definition) is 2. The van der Waals surface area contributed by atoms with E-state index in [0.717, 1.165) is 5.56 Å². The molecule has 0 saturated heterocycles. The van der Waals surface area contributed by atoms with Crippen molar-refractivity contribution in [3.63, 3.8) is 0 Å². The number of amides is 1. The van der Waals surface area contributed by atoms with Crippen molar-refractivity contribution in [1.82, 2.24) is 10.3 Å². The third-order valence-corrected chi connectivity index (χ3v) is 2.48. The first kappa shape index (κ1) is 11.1. The van der Waals surface area contributed by atoms with Gasteiger partial charge >= 0.3 is 0 Å². The number of hydrogen-bond acceptors (Lipinski definition) is 2. The Balaban J connectivity index is 2.51. The van der Waals surface area contributed by atoms with E-state index in [-0.39, 0.29) is 11.5 Å². The zero-order valence-corrected chi connectivity index (χ0v) is 9.36. The Labute approximate surface area is 98.3 Å². The van der Waals surface area contributed by atoms with Crippen LogP contribution < -0.4 is 10.9 Å². The van der Waals surface area contributed by atoms with Crippen LogP contribution in [0.15, 0.2) is 47.4 Å². The van der Waals surface area contributed by atoms with Crippen LogP contribution in [-0.4, -0.2) is 17.9 Å². The predicted octanol–water partition coefficient (Wildman–Crippen LogP) is 1.40. The molecule has 1 heterocycles. The van der Waals surface area contributed by atoms with Gasteiger partial charge < -0.3 is 10.3 Å². The van der Waals surface area contributed by atoms with Crippen molar-refractivity contribution in [2.75, 3.05) is 7.05 Å². The van der Waals surface area contributed by atoms with Crippen LogP contribution in [0, 0.1) is 0 Å². The topological polar surface area (TPSA) is 62.0 Å². The maximum Gasteiger partial charge on any atom is 0.255 e. The van der Waals surface area contributed by atoms with E-state index in [2.05, 4.69) is 10.3 Å². The van der Waals surface area contributed by atoms with Crippen molar-refractivity contribution in [3.05, 3.63) is 58.5 Å². The van der Waals surface area contributed by atoms with E-state index in [1.807, 2.05) is 0 Å². The fraction of sp³-hybridized carbons (Fsp3) is 0.0769. The summed E-state index contributed by atoms with van der Waals surface area (Å²) in [4.78, 5) is 25.7. The molecule has 0 unspecified atom stereocenters. The average Bonchev–Trinajstić information content (AvgIpc) is 2.38. The molecule has 0 saturated carbocycles. The van der Waals surface area contributed by atoms with Gasteiger partial charge in [0.15, 0.2) is 0 Å². The van der Waals surface area contributed by atoms with Crippen LogP contribution in [0.3, 0.4) is 0 Å². The molecule has 0 spiro atoms. The van der Waals surface area contributed by atoms with Crippen molar-refractivity contribution >= 4 is 5.91 Å². The number of H-pyrrole nitrogens is 1. The van der Waals surface area contributed by atoms with Gasteiger partial charge in [0, 0.05) is 24.4 Å². The number of benzene rings is 1. The number of aromatic amines is 1. The molecular formula is C13H12N2O2. The number of rotatable bonds is 2. The summed E-state index contributed by atoms with van der Waals surface area (Å²) < 4.78 is 0. The van der Waals surface area contributed by atoms with E-state index in [1.165, 1.54) is 0 Å². The molecule has 0 radical (unpaired) electrons. The van der Waals surface area contributed by atoms with Gasteiger partial charge in [-0.05, 0) is 29.8 Å². The summed E-state index contributed by atoms with van der Waals surface area (Å²) in [7, 11) is 1.57. The van der Waals surface area contributed by atoms with Crippen LogP contribution in [0.4, 0.5) is 0 Å². The summed E-state index contributed by atoms with van der Waals surface area (Å²) in [6.45, 7) is 0. The first-order valence-corrected chi connectivity index (χ1v) is 5.22. The standard InChI is InChI=1S/C13H12N2O2/c1-14-12(16)10-5-2-4-9(8-10)11-6-3-7-15-13(11)17/h2-8H,1H3,(H,14,16)(H,15,17). The minimum atomic E-state index is -0.167. The van der Waals surface area contributed by atoms with Gasteiger partial charge in [-0.15, -0.1) is 0 Å². The van der Waals surface area contributed by atoms with Gasteiger partial charge in [0.25, 0.3) is 11.5 Å². The van der Waals surface area contributed by atoms with Gasteiger partial charge in [-0.2, -0.15) is 0 Å². The molecule has 1 aromatic heterocycles. The van der Waals surface area contributed by atoms with Crippen molar-refractivity contribution in [1.29, 1.82) is 0 Å². The molecule has 1 aromatic carbocycles. The third-order valence-electron chi connectivity index (χ3n) is 2.48. The van der Waals surface area contributed by atoms with Crippen LogP contribution in [0.5, 0.6) is 0 Å². The molecule has 0 aliphatic heterocycles. The zero-order chi connectivity index (χ0) is 12.3. The second-order valence-electron chi connectivity index (χ2n) is 3.57. The highest BCUT2D eigenvalue weighted by Gasteiger charge is 2.06. The second kappa shape index (κ2) is 4.65. The number of pyridine rings is 1. The SMILES string of the molecule is CNC(=O)c1cccc(-c2ccc[nH]c2=O)c1. The summed E-state index contributed by atoms with van der Waals surface area (Å²) in [5, 5.41) is 2.55. The molecule has 2 rings (SSSR count). The molecule has 0 bridgehead atoms. The van der Waals surface area contributed by atoms with E-state index in [9.17, 15) is 9.59 Å². The molecule has 4 nitrogen and oxygen atoms in total. The lowest BCUT2D eigenvalue weighted by Gasteiger charge is -2.03. The Morgan fingerprint density at radius 2 is 2.06 bits per heavy atom. The van der Waals surface area contributed by atoms with Crippen LogP contribution in [0.1, 0.15) is 10.4 Å². The fourth-order valence-corrected chi connectivity index (χ4v) is 1.62. The normalized spacial score (nSPS) is 9.94. The summed E-state index contributed by atoms with van der Waals surface area (Å²) in [5.74, 6) is -0.167. The van der Waals surface area contributed by atoms with E-state index in [0.29, 0.717) is 11.1 Å². The Bertz CT molecular complexity index is 602. The molecule has 86 valence electrons. The molecule has 4 heteroatoms. The van der Waals surface area contributed by atoms with Gasteiger partial charge in [0.2, 0.25) is 0 Å². The molecule has 0 aliphatic rings. The molecule has 17 heavy (non-hydrogen) atoms. The smallest absolute Gasteiger partial charge is 0.255 e. The number of nitrogens with one attached hydrogen (secondary N) is 2. The molecule has 0 atom stereocenters. The maximum atomic E-state index is 11.6. The highest BCUT2D eigenvalue weighted by atomic mass is 16.1. The Morgan fingerprint density at radius 3 is 2.76 bits per heavy atom. The molecule has 2 aromatic rings. The first-order chi connectivity index (χ1) is 8.22. The van der Waals surface area contributed by atoms with Crippen molar-refractivity contribution in [3.8, 4) is 11.1 Å². The molecular weight excluding hydrogens is 216 g/mol. The highest BCUT2D eigenvalue weighted by molar-refractivity contribution is 5.95. The van der Waals surface area contributed by atoms with E-state index in [4.69, 9.17) is 0 Å². The van der Waals surface area contributed by atoms with Crippen molar-refractivity contribution < 1.29 is 4.79 Å². The van der Waals surface area contributed by atoms with Crippen molar-refractivity contribution in [2.24, 2.45) is 0 Å². The molecule has 0 aliphatic carbocycles.